The average molecular weight is 342 g/mol. The molecule has 0 fully saturated rings. The number of nitrogens with zero attached hydrogens (tertiary/aromatic N) is 2. The van der Waals surface area contributed by atoms with Crippen LogP contribution in [0.2, 0.25) is 0 Å². The lowest BCUT2D eigenvalue weighted by molar-refractivity contribution is -0.140. The van der Waals surface area contributed by atoms with Crippen LogP contribution in [-0.2, 0) is 19.3 Å². The second-order valence-corrected chi connectivity index (χ2v) is 5.83. The third-order valence-corrected chi connectivity index (χ3v) is 3.90. The maximum atomic E-state index is 12.5. The van der Waals surface area contributed by atoms with E-state index in [1.165, 1.54) is 5.56 Å². The Morgan fingerprint density at radius 3 is 2.39 bits per heavy atom. The highest BCUT2D eigenvalue weighted by Crippen LogP contribution is 2.29. The highest BCUT2D eigenvalue weighted by atomic mass is 32.1. The molecule has 0 aliphatic rings. The van der Waals surface area contributed by atoms with Gasteiger partial charge < -0.3 is 10.6 Å². The Balaban J connectivity index is 1.85. The van der Waals surface area contributed by atoms with Crippen molar-refractivity contribution in [2.75, 3.05) is 7.05 Å². The number of aliphatic imine (C=N–C) groups is 1. The van der Waals surface area contributed by atoms with Crippen LogP contribution in [0.25, 0.3) is 0 Å². The first kappa shape index (κ1) is 17.3. The van der Waals surface area contributed by atoms with E-state index in [2.05, 4.69) is 20.6 Å². The Morgan fingerprint density at radius 1 is 1.17 bits per heavy atom. The summed E-state index contributed by atoms with van der Waals surface area (Å²) in [5.74, 6) is 0.509. The number of thiazole rings is 1. The molecule has 4 nitrogen and oxygen atoms in total. The summed E-state index contributed by atoms with van der Waals surface area (Å²) >= 11 is 0.969. The van der Waals surface area contributed by atoms with Crippen LogP contribution in [0, 0.1) is 6.92 Å². The van der Waals surface area contributed by atoms with E-state index in [4.69, 9.17) is 0 Å². The summed E-state index contributed by atoms with van der Waals surface area (Å²) in [5, 5.41) is 7.43. The van der Waals surface area contributed by atoms with Gasteiger partial charge in [-0.1, -0.05) is 29.8 Å². The minimum atomic E-state index is -4.40. The number of alkyl halides is 3. The van der Waals surface area contributed by atoms with Gasteiger partial charge in [0, 0.05) is 19.0 Å². The molecule has 1 heterocycles. The van der Waals surface area contributed by atoms with Crippen molar-refractivity contribution in [2.45, 2.75) is 26.2 Å². The molecule has 1 aromatic carbocycles. The molecular formula is C15H17F3N4S. The van der Waals surface area contributed by atoms with Crippen molar-refractivity contribution in [1.82, 2.24) is 15.6 Å². The van der Waals surface area contributed by atoms with Gasteiger partial charge in [-0.05, 0) is 12.5 Å². The molecule has 0 amide bonds. The van der Waals surface area contributed by atoms with Crippen molar-refractivity contribution in [3.05, 3.63) is 51.5 Å². The molecule has 0 bridgehead atoms. The third-order valence-electron chi connectivity index (χ3n) is 3.05. The number of rotatable bonds is 4. The maximum absolute atomic E-state index is 12.5. The summed E-state index contributed by atoms with van der Waals surface area (Å²) in [7, 11) is 1.60. The molecule has 23 heavy (non-hydrogen) atoms. The van der Waals surface area contributed by atoms with Gasteiger partial charge in [0.25, 0.3) is 0 Å². The van der Waals surface area contributed by atoms with E-state index in [-0.39, 0.29) is 6.54 Å². The number of hydrogen-bond donors (Lipinski definition) is 2. The lowest BCUT2D eigenvalue weighted by Crippen LogP contribution is -2.36. The molecule has 0 atom stereocenters. The van der Waals surface area contributed by atoms with Gasteiger partial charge in [0.15, 0.2) is 11.7 Å². The number of aryl methyl sites for hydroxylation is 1. The monoisotopic (exact) mass is 342 g/mol. The predicted octanol–water partition coefficient (Wildman–Crippen LogP) is 3.34. The first-order valence-electron chi connectivity index (χ1n) is 6.90. The van der Waals surface area contributed by atoms with Crippen molar-refractivity contribution in [2.24, 2.45) is 4.99 Å². The minimum Gasteiger partial charge on any atom is -0.352 e. The van der Waals surface area contributed by atoms with Crippen LogP contribution in [0.3, 0.4) is 0 Å². The predicted molar refractivity (Wildman–Crippen MR) is 85.3 cm³/mol. The van der Waals surface area contributed by atoms with Gasteiger partial charge in [0.05, 0.1) is 6.54 Å². The third kappa shape index (κ3) is 5.24. The smallest absolute Gasteiger partial charge is 0.352 e. The van der Waals surface area contributed by atoms with E-state index in [0.29, 0.717) is 17.5 Å². The highest BCUT2D eigenvalue weighted by molar-refractivity contribution is 7.09. The summed E-state index contributed by atoms with van der Waals surface area (Å²) in [6.45, 7) is 2.78. The van der Waals surface area contributed by atoms with Gasteiger partial charge in [-0.3, -0.25) is 4.99 Å². The number of aromatic nitrogens is 1. The number of halogens is 3. The van der Waals surface area contributed by atoms with E-state index in [9.17, 15) is 13.2 Å². The number of benzene rings is 1. The van der Waals surface area contributed by atoms with Crippen LogP contribution >= 0.6 is 11.3 Å². The fraction of sp³-hybridized carbons (Fsp3) is 0.333. The molecule has 8 heteroatoms. The van der Waals surface area contributed by atoms with Gasteiger partial charge in [-0.2, -0.15) is 13.2 Å². The zero-order chi connectivity index (χ0) is 16.9. The van der Waals surface area contributed by atoms with E-state index in [1.54, 1.807) is 7.05 Å². The molecule has 2 rings (SSSR count). The molecule has 2 N–H and O–H groups in total. The van der Waals surface area contributed by atoms with E-state index in [0.717, 1.165) is 22.3 Å². The van der Waals surface area contributed by atoms with Gasteiger partial charge in [0.2, 0.25) is 0 Å². The molecule has 124 valence electrons. The summed E-state index contributed by atoms with van der Waals surface area (Å²) in [4.78, 5) is 7.60. The van der Waals surface area contributed by atoms with Crippen LogP contribution in [0.5, 0.6) is 0 Å². The highest BCUT2D eigenvalue weighted by Gasteiger charge is 2.33. The van der Waals surface area contributed by atoms with E-state index < -0.39 is 11.9 Å². The average Bonchev–Trinajstić information content (AvgIpc) is 2.98. The SMILES string of the molecule is CN=C(NCc1ccc(C)cc1)NCc1nc(C(F)(F)F)cs1. The van der Waals surface area contributed by atoms with Crippen molar-refractivity contribution < 1.29 is 13.2 Å². The van der Waals surface area contributed by atoms with Crippen LogP contribution < -0.4 is 10.6 Å². The first-order valence-corrected chi connectivity index (χ1v) is 7.78. The molecular weight excluding hydrogens is 325 g/mol. The van der Waals surface area contributed by atoms with Gasteiger partial charge in [-0.15, -0.1) is 11.3 Å². The standard InChI is InChI=1S/C15H17F3N4S/c1-10-3-5-11(6-4-10)7-20-14(19-2)21-8-13-22-12(9-23-13)15(16,17)18/h3-6,9H,7-8H2,1-2H3,(H2,19,20,21). The fourth-order valence-electron chi connectivity index (χ4n) is 1.79. The Hall–Kier alpha value is -2.09. The van der Waals surface area contributed by atoms with Crippen molar-refractivity contribution in [3.8, 4) is 0 Å². The number of nitrogens with one attached hydrogen (secondary N) is 2. The van der Waals surface area contributed by atoms with Gasteiger partial charge in [0.1, 0.15) is 5.01 Å². The lowest BCUT2D eigenvalue weighted by Gasteiger charge is -2.11. The molecule has 0 aliphatic heterocycles. The van der Waals surface area contributed by atoms with Gasteiger partial charge in [-0.25, -0.2) is 4.98 Å². The second-order valence-electron chi connectivity index (χ2n) is 4.89. The molecule has 2 aromatic rings. The Kier molecular flexibility index (Phi) is 5.59. The number of guanidine groups is 1. The van der Waals surface area contributed by atoms with Crippen LogP contribution in [-0.4, -0.2) is 18.0 Å². The Bertz CT molecular complexity index is 662. The molecule has 0 radical (unpaired) electrons. The zero-order valence-corrected chi connectivity index (χ0v) is 13.6. The van der Waals surface area contributed by atoms with Crippen LogP contribution in [0.1, 0.15) is 21.8 Å². The molecule has 0 aliphatic carbocycles. The molecule has 0 saturated heterocycles. The molecule has 0 saturated carbocycles. The summed E-state index contributed by atoms with van der Waals surface area (Å²) < 4.78 is 37.5. The number of hydrogen-bond acceptors (Lipinski definition) is 3. The van der Waals surface area contributed by atoms with E-state index in [1.807, 2.05) is 31.2 Å². The van der Waals surface area contributed by atoms with Crippen molar-refractivity contribution >= 4 is 17.3 Å². The van der Waals surface area contributed by atoms with Crippen molar-refractivity contribution in [3.63, 3.8) is 0 Å². The Labute approximate surface area is 136 Å². The minimum absolute atomic E-state index is 0.189. The summed E-state index contributed by atoms with van der Waals surface area (Å²) in [6, 6.07) is 8.04. The second kappa shape index (κ2) is 7.45. The molecule has 0 spiro atoms. The first-order chi connectivity index (χ1) is 10.9. The maximum Gasteiger partial charge on any atom is 0.434 e. The zero-order valence-electron chi connectivity index (χ0n) is 12.7. The van der Waals surface area contributed by atoms with Crippen molar-refractivity contribution in [1.29, 1.82) is 0 Å². The lowest BCUT2D eigenvalue weighted by atomic mass is 10.1. The normalized spacial score (nSPS) is 12.3. The summed E-state index contributed by atoms with van der Waals surface area (Å²) in [6.07, 6.45) is -4.40. The largest absolute Gasteiger partial charge is 0.434 e. The molecule has 0 unspecified atom stereocenters. The van der Waals surface area contributed by atoms with Crippen LogP contribution in [0.15, 0.2) is 34.6 Å². The van der Waals surface area contributed by atoms with E-state index >= 15 is 0 Å². The summed E-state index contributed by atoms with van der Waals surface area (Å²) in [5.41, 5.74) is 1.41. The Morgan fingerprint density at radius 2 is 1.83 bits per heavy atom. The quantitative estimate of drug-likeness (QED) is 0.662. The topological polar surface area (TPSA) is 49.3 Å². The molecule has 1 aromatic heterocycles. The van der Waals surface area contributed by atoms with Gasteiger partial charge >= 0.3 is 6.18 Å². The van der Waals surface area contributed by atoms with Crippen LogP contribution in [0.4, 0.5) is 13.2 Å². The fourth-order valence-corrected chi connectivity index (χ4v) is 2.53.